The lowest BCUT2D eigenvalue weighted by Crippen LogP contribution is -2.46. The third-order valence-electron chi connectivity index (χ3n) is 5.07. The quantitative estimate of drug-likeness (QED) is 0.508. The smallest absolute Gasteiger partial charge is 0.408 e. The number of hydrogen-bond donors (Lipinski definition) is 2. The maximum absolute atomic E-state index is 13.2. The molecule has 2 atom stereocenters. The summed E-state index contributed by atoms with van der Waals surface area (Å²) in [6.45, 7) is 9.15. The van der Waals surface area contributed by atoms with Gasteiger partial charge < -0.3 is 15.4 Å². The van der Waals surface area contributed by atoms with E-state index < -0.39 is 35.3 Å². The predicted molar refractivity (Wildman–Crippen MR) is 122 cm³/mol. The molecule has 0 saturated heterocycles. The van der Waals surface area contributed by atoms with E-state index in [1.165, 1.54) is 0 Å². The van der Waals surface area contributed by atoms with Gasteiger partial charge in [0.05, 0.1) is 6.04 Å². The van der Waals surface area contributed by atoms with Gasteiger partial charge in [0.25, 0.3) is 5.91 Å². The van der Waals surface area contributed by atoms with Crippen molar-refractivity contribution in [2.24, 2.45) is 11.8 Å². The first kappa shape index (κ1) is 25.6. The van der Waals surface area contributed by atoms with E-state index >= 15 is 0 Å². The van der Waals surface area contributed by atoms with Gasteiger partial charge in [0, 0.05) is 18.4 Å². The summed E-state index contributed by atoms with van der Waals surface area (Å²) in [5.74, 6) is -2.16. The number of benzene rings is 1. The van der Waals surface area contributed by atoms with Gasteiger partial charge in [0.1, 0.15) is 5.60 Å². The van der Waals surface area contributed by atoms with E-state index in [0.717, 1.165) is 18.4 Å². The number of carbonyl (C=O) groups is 4. The minimum absolute atomic E-state index is 0.0575. The molecule has 0 bridgehead atoms. The Kier molecular flexibility index (Phi) is 8.99. The van der Waals surface area contributed by atoms with Crippen LogP contribution in [0.2, 0.25) is 0 Å². The fourth-order valence-corrected chi connectivity index (χ4v) is 3.40. The molecule has 176 valence electrons. The van der Waals surface area contributed by atoms with E-state index in [1.54, 1.807) is 20.8 Å². The predicted octanol–water partition coefficient (Wildman–Crippen LogP) is 3.59. The molecule has 32 heavy (non-hydrogen) atoms. The van der Waals surface area contributed by atoms with Crippen molar-refractivity contribution < 1.29 is 23.9 Å². The van der Waals surface area contributed by atoms with Gasteiger partial charge in [-0.15, -0.1) is 0 Å². The molecule has 2 rings (SSSR count). The van der Waals surface area contributed by atoms with Crippen molar-refractivity contribution in [1.29, 1.82) is 0 Å². The number of ketones is 2. The normalized spacial score (nSPS) is 15.6. The van der Waals surface area contributed by atoms with Gasteiger partial charge in [-0.25, -0.2) is 4.79 Å². The Balaban J connectivity index is 2.14. The van der Waals surface area contributed by atoms with Crippen LogP contribution in [-0.4, -0.2) is 41.3 Å². The molecule has 1 aliphatic rings. The lowest BCUT2D eigenvalue weighted by Gasteiger charge is -2.25. The van der Waals surface area contributed by atoms with E-state index in [0.29, 0.717) is 6.42 Å². The third kappa shape index (κ3) is 9.20. The van der Waals surface area contributed by atoms with E-state index in [2.05, 4.69) is 10.6 Å². The first-order chi connectivity index (χ1) is 14.9. The second-order valence-electron chi connectivity index (χ2n) is 10.00. The van der Waals surface area contributed by atoms with E-state index in [9.17, 15) is 19.2 Å². The number of alkyl carbamates (subject to hydrolysis) is 1. The van der Waals surface area contributed by atoms with Crippen molar-refractivity contribution in [2.75, 3.05) is 0 Å². The van der Waals surface area contributed by atoms with Gasteiger partial charge in [-0.3, -0.25) is 14.4 Å². The molecule has 0 spiro atoms. The van der Waals surface area contributed by atoms with Crippen molar-refractivity contribution >= 4 is 23.6 Å². The van der Waals surface area contributed by atoms with Crippen LogP contribution in [0.3, 0.4) is 0 Å². The Hall–Kier alpha value is -2.70. The van der Waals surface area contributed by atoms with Gasteiger partial charge in [-0.05, 0) is 57.9 Å². The molecule has 1 aromatic rings. The van der Waals surface area contributed by atoms with Crippen LogP contribution in [0, 0.1) is 11.8 Å². The zero-order valence-electron chi connectivity index (χ0n) is 19.8. The average molecular weight is 445 g/mol. The molecule has 2 amide bonds. The van der Waals surface area contributed by atoms with Crippen LogP contribution in [0.25, 0.3) is 0 Å². The molecule has 0 aliphatic heterocycles. The Morgan fingerprint density at radius 1 is 1.06 bits per heavy atom. The summed E-state index contributed by atoms with van der Waals surface area (Å²) in [6, 6.07) is 8.59. The number of nitrogens with one attached hydrogen (secondary N) is 2. The Morgan fingerprint density at radius 3 is 2.22 bits per heavy atom. The third-order valence-corrected chi connectivity index (χ3v) is 5.07. The minimum atomic E-state index is -0.793. The Bertz CT molecular complexity index is 809. The molecule has 0 radical (unpaired) electrons. The zero-order valence-corrected chi connectivity index (χ0v) is 19.8. The van der Waals surface area contributed by atoms with Crippen molar-refractivity contribution in [3.63, 3.8) is 0 Å². The summed E-state index contributed by atoms with van der Waals surface area (Å²) in [5, 5.41) is 5.38. The van der Waals surface area contributed by atoms with Crippen LogP contribution < -0.4 is 10.6 Å². The van der Waals surface area contributed by atoms with Gasteiger partial charge in [-0.2, -0.15) is 0 Å². The molecule has 0 aromatic heterocycles. The Labute approximate surface area is 190 Å². The summed E-state index contributed by atoms with van der Waals surface area (Å²) in [7, 11) is 0. The van der Waals surface area contributed by atoms with E-state index in [4.69, 9.17) is 4.74 Å². The molecule has 0 unspecified atom stereocenters. The summed E-state index contributed by atoms with van der Waals surface area (Å²) >= 11 is 0. The largest absolute Gasteiger partial charge is 0.444 e. The molecule has 7 nitrogen and oxygen atoms in total. The summed E-state index contributed by atoms with van der Waals surface area (Å²) in [4.78, 5) is 50.8. The molecular weight excluding hydrogens is 408 g/mol. The second kappa shape index (κ2) is 11.2. The van der Waals surface area contributed by atoms with Gasteiger partial charge in [0.2, 0.25) is 5.78 Å². The number of carbonyl (C=O) groups excluding carboxylic acids is 4. The van der Waals surface area contributed by atoms with Crippen LogP contribution in [0.5, 0.6) is 0 Å². The van der Waals surface area contributed by atoms with Crippen molar-refractivity contribution in [3.8, 4) is 0 Å². The number of Topliss-reactive ketones (excluding diaryl/α,β-unsaturated/α-hetero) is 2. The molecule has 7 heteroatoms. The van der Waals surface area contributed by atoms with E-state index in [-0.39, 0.29) is 30.6 Å². The van der Waals surface area contributed by atoms with Gasteiger partial charge >= 0.3 is 6.09 Å². The lowest BCUT2D eigenvalue weighted by atomic mass is 9.87. The highest BCUT2D eigenvalue weighted by molar-refractivity contribution is 6.37. The van der Waals surface area contributed by atoms with Crippen molar-refractivity contribution in [3.05, 3.63) is 35.9 Å². The van der Waals surface area contributed by atoms with Crippen LogP contribution in [-0.2, 0) is 25.5 Å². The SMILES string of the molecule is CC(C)C[C@H](NC(=O)OC(C)(C)C)C(=O)C[C@@H](Cc1ccccc1)C(=O)C(=O)NC1CC1. The van der Waals surface area contributed by atoms with Crippen LogP contribution in [0.4, 0.5) is 4.79 Å². The molecule has 1 aliphatic carbocycles. The average Bonchev–Trinajstić information content (AvgIpc) is 3.49. The molecule has 2 N–H and O–H groups in total. The molecule has 0 heterocycles. The first-order valence-electron chi connectivity index (χ1n) is 11.4. The van der Waals surface area contributed by atoms with Crippen molar-refractivity contribution in [1.82, 2.24) is 10.6 Å². The second-order valence-corrected chi connectivity index (χ2v) is 10.00. The molecule has 1 saturated carbocycles. The molecular formula is C25H36N2O5. The maximum atomic E-state index is 13.2. The summed E-state index contributed by atoms with van der Waals surface area (Å²) in [6.07, 6.45) is 1.64. The van der Waals surface area contributed by atoms with E-state index in [1.807, 2.05) is 44.2 Å². The highest BCUT2D eigenvalue weighted by Gasteiger charge is 2.34. The van der Waals surface area contributed by atoms with Crippen LogP contribution >= 0.6 is 0 Å². The zero-order chi connectivity index (χ0) is 23.9. The standard InChI is InChI=1S/C25H36N2O5/c1-16(2)13-20(27-24(31)32-25(3,4)5)21(28)15-18(14-17-9-7-6-8-10-17)22(29)23(30)26-19-11-12-19/h6-10,16,18-20H,11-15H2,1-5H3,(H,26,30)(H,27,31)/t18-,20+/m1/s1. The maximum Gasteiger partial charge on any atom is 0.408 e. The topological polar surface area (TPSA) is 102 Å². The number of hydrogen-bond acceptors (Lipinski definition) is 5. The fourth-order valence-electron chi connectivity index (χ4n) is 3.40. The summed E-state index contributed by atoms with van der Waals surface area (Å²) < 4.78 is 5.30. The number of ether oxygens (including phenoxy) is 1. The Morgan fingerprint density at radius 2 is 1.69 bits per heavy atom. The lowest BCUT2D eigenvalue weighted by molar-refractivity contribution is -0.141. The van der Waals surface area contributed by atoms with Crippen molar-refractivity contribution in [2.45, 2.75) is 84.4 Å². The fraction of sp³-hybridized carbons (Fsp3) is 0.600. The first-order valence-corrected chi connectivity index (χ1v) is 11.4. The molecule has 1 fully saturated rings. The van der Waals surface area contributed by atoms with Crippen LogP contribution in [0.1, 0.15) is 65.9 Å². The minimum Gasteiger partial charge on any atom is -0.444 e. The highest BCUT2D eigenvalue weighted by atomic mass is 16.6. The number of amides is 2. The molecule has 1 aromatic carbocycles. The summed E-state index contributed by atoms with van der Waals surface area (Å²) in [5.41, 5.74) is 0.181. The highest BCUT2D eigenvalue weighted by Crippen LogP contribution is 2.21. The van der Waals surface area contributed by atoms with Gasteiger partial charge in [-0.1, -0.05) is 44.2 Å². The monoisotopic (exact) mass is 444 g/mol. The van der Waals surface area contributed by atoms with Crippen LogP contribution in [0.15, 0.2) is 30.3 Å². The number of rotatable bonds is 11. The van der Waals surface area contributed by atoms with Gasteiger partial charge in [0.15, 0.2) is 5.78 Å².